The first-order valence-electron chi connectivity index (χ1n) is 6.97. The molecule has 1 aliphatic heterocycles. The number of anilines is 1. The normalized spacial score (nSPS) is 16.1. The monoisotopic (exact) mass is 275 g/mol. The van der Waals surface area contributed by atoms with Gasteiger partial charge in [-0.3, -0.25) is 9.59 Å². The number of pyridine rings is 1. The molecule has 5 heteroatoms. The zero-order chi connectivity index (χ0) is 14.7. The lowest BCUT2D eigenvalue weighted by atomic mass is 9.96. The number of piperidine rings is 1. The summed E-state index contributed by atoms with van der Waals surface area (Å²) in [6.45, 7) is 6.78. The van der Waals surface area contributed by atoms with Crippen LogP contribution in [0.1, 0.15) is 31.0 Å². The molecule has 0 radical (unpaired) electrons. The molecule has 1 N–H and O–H groups in total. The van der Waals surface area contributed by atoms with Crippen molar-refractivity contribution in [1.82, 2.24) is 9.88 Å². The van der Waals surface area contributed by atoms with Crippen molar-refractivity contribution in [3.05, 3.63) is 23.4 Å². The molecule has 1 saturated heterocycles. The summed E-state index contributed by atoms with van der Waals surface area (Å²) in [5.74, 6) is 0.667. The van der Waals surface area contributed by atoms with Crippen molar-refractivity contribution in [2.75, 3.05) is 18.4 Å². The Hall–Kier alpha value is -1.91. The third-order valence-corrected chi connectivity index (χ3v) is 3.66. The lowest BCUT2D eigenvalue weighted by Gasteiger charge is -2.30. The van der Waals surface area contributed by atoms with Crippen LogP contribution in [0.25, 0.3) is 0 Å². The number of rotatable bonds is 2. The minimum atomic E-state index is -0.0341. The summed E-state index contributed by atoms with van der Waals surface area (Å²) in [7, 11) is 0. The fourth-order valence-electron chi connectivity index (χ4n) is 2.59. The highest BCUT2D eigenvalue weighted by Gasteiger charge is 2.26. The molecule has 1 aromatic heterocycles. The summed E-state index contributed by atoms with van der Waals surface area (Å²) < 4.78 is 0. The molecule has 0 bridgehead atoms. The standard InChI is InChI=1S/C15H21N3O2/c1-10-8-11(2)16-14(9-10)17-15(20)13-4-6-18(7-5-13)12(3)19/h8-9,13H,4-7H2,1-3H3,(H,16,17,20). The number of hydrogen-bond acceptors (Lipinski definition) is 3. The number of aryl methyl sites for hydroxylation is 2. The summed E-state index contributed by atoms with van der Waals surface area (Å²) in [6.07, 6.45) is 1.44. The predicted molar refractivity (Wildman–Crippen MR) is 77.3 cm³/mol. The van der Waals surface area contributed by atoms with Gasteiger partial charge in [0.05, 0.1) is 0 Å². The minimum absolute atomic E-state index is 0.00528. The summed E-state index contributed by atoms with van der Waals surface area (Å²) in [5, 5.41) is 2.88. The van der Waals surface area contributed by atoms with Gasteiger partial charge in [-0.1, -0.05) is 0 Å². The van der Waals surface area contributed by atoms with Gasteiger partial charge < -0.3 is 10.2 Å². The Morgan fingerprint density at radius 2 is 1.90 bits per heavy atom. The quantitative estimate of drug-likeness (QED) is 0.896. The van der Waals surface area contributed by atoms with E-state index in [0.29, 0.717) is 18.9 Å². The van der Waals surface area contributed by atoms with Gasteiger partial charge in [0.1, 0.15) is 5.82 Å². The number of carbonyl (C=O) groups excluding carboxylic acids is 2. The van der Waals surface area contributed by atoms with Gasteiger partial charge in [-0.2, -0.15) is 0 Å². The Balaban J connectivity index is 1.94. The summed E-state index contributed by atoms with van der Waals surface area (Å²) in [5.41, 5.74) is 1.98. The summed E-state index contributed by atoms with van der Waals surface area (Å²) in [6, 6.07) is 3.84. The van der Waals surface area contributed by atoms with Gasteiger partial charge in [-0.05, 0) is 44.4 Å². The van der Waals surface area contributed by atoms with Gasteiger partial charge >= 0.3 is 0 Å². The van der Waals surface area contributed by atoms with Crippen LogP contribution in [-0.4, -0.2) is 34.8 Å². The zero-order valence-electron chi connectivity index (χ0n) is 12.3. The average molecular weight is 275 g/mol. The number of hydrogen-bond donors (Lipinski definition) is 1. The minimum Gasteiger partial charge on any atom is -0.343 e. The van der Waals surface area contributed by atoms with E-state index in [1.165, 1.54) is 0 Å². The molecule has 20 heavy (non-hydrogen) atoms. The second-order valence-corrected chi connectivity index (χ2v) is 5.44. The zero-order valence-corrected chi connectivity index (χ0v) is 12.3. The Morgan fingerprint density at radius 1 is 1.25 bits per heavy atom. The molecule has 108 valence electrons. The van der Waals surface area contributed by atoms with Crippen LogP contribution >= 0.6 is 0 Å². The first-order valence-corrected chi connectivity index (χ1v) is 6.97. The molecule has 0 spiro atoms. The third kappa shape index (κ3) is 3.56. The van der Waals surface area contributed by atoms with Crippen LogP contribution in [0.15, 0.2) is 12.1 Å². The molecule has 0 atom stereocenters. The van der Waals surface area contributed by atoms with E-state index in [0.717, 1.165) is 24.1 Å². The van der Waals surface area contributed by atoms with E-state index in [2.05, 4.69) is 10.3 Å². The molecule has 2 heterocycles. The molecular weight excluding hydrogens is 254 g/mol. The van der Waals surface area contributed by atoms with Crippen LogP contribution in [0.5, 0.6) is 0 Å². The molecule has 0 aromatic carbocycles. The Bertz CT molecular complexity index is 500. The largest absolute Gasteiger partial charge is 0.343 e. The van der Waals surface area contributed by atoms with Crippen molar-refractivity contribution < 1.29 is 9.59 Å². The van der Waals surface area contributed by atoms with Crippen LogP contribution in [0, 0.1) is 19.8 Å². The molecule has 1 aromatic rings. The van der Waals surface area contributed by atoms with Crippen molar-refractivity contribution in [2.45, 2.75) is 33.6 Å². The SMILES string of the molecule is CC(=O)N1CCC(C(=O)Nc2cc(C)cc(C)n2)CC1. The number of carbonyl (C=O) groups is 2. The predicted octanol–water partition coefficient (Wildman–Crippen LogP) is 1.90. The van der Waals surface area contributed by atoms with Crippen LogP contribution in [0.2, 0.25) is 0 Å². The number of amides is 2. The van der Waals surface area contributed by atoms with Crippen LogP contribution in [0.4, 0.5) is 5.82 Å². The smallest absolute Gasteiger partial charge is 0.228 e. The molecule has 0 saturated carbocycles. The van der Waals surface area contributed by atoms with E-state index in [4.69, 9.17) is 0 Å². The van der Waals surface area contributed by atoms with E-state index >= 15 is 0 Å². The Kier molecular flexibility index (Phi) is 4.37. The highest BCUT2D eigenvalue weighted by Crippen LogP contribution is 2.19. The molecule has 5 nitrogen and oxygen atoms in total. The number of aromatic nitrogens is 1. The fraction of sp³-hybridized carbons (Fsp3) is 0.533. The van der Waals surface area contributed by atoms with Gasteiger partial charge in [-0.25, -0.2) is 4.98 Å². The first kappa shape index (κ1) is 14.5. The lowest BCUT2D eigenvalue weighted by Crippen LogP contribution is -2.40. The fourth-order valence-corrected chi connectivity index (χ4v) is 2.59. The average Bonchev–Trinajstić information content (AvgIpc) is 2.37. The molecule has 0 unspecified atom stereocenters. The van der Waals surface area contributed by atoms with Crippen molar-refractivity contribution in [3.8, 4) is 0 Å². The lowest BCUT2D eigenvalue weighted by molar-refractivity contribution is -0.132. The summed E-state index contributed by atoms with van der Waals surface area (Å²) in [4.78, 5) is 29.6. The van der Waals surface area contributed by atoms with Gasteiger partial charge in [-0.15, -0.1) is 0 Å². The maximum Gasteiger partial charge on any atom is 0.228 e. The third-order valence-electron chi connectivity index (χ3n) is 3.66. The highest BCUT2D eigenvalue weighted by molar-refractivity contribution is 5.92. The second kappa shape index (κ2) is 6.03. The van der Waals surface area contributed by atoms with Gasteiger partial charge in [0.25, 0.3) is 0 Å². The van der Waals surface area contributed by atoms with Crippen molar-refractivity contribution in [2.24, 2.45) is 5.92 Å². The van der Waals surface area contributed by atoms with E-state index in [9.17, 15) is 9.59 Å². The molecular formula is C15H21N3O2. The number of nitrogens with one attached hydrogen (secondary N) is 1. The Labute approximate surface area is 119 Å². The van der Waals surface area contributed by atoms with Crippen molar-refractivity contribution >= 4 is 17.6 Å². The molecule has 1 aliphatic rings. The maximum absolute atomic E-state index is 12.2. The van der Waals surface area contributed by atoms with E-state index in [-0.39, 0.29) is 17.7 Å². The van der Waals surface area contributed by atoms with Gasteiger partial charge in [0, 0.05) is 31.6 Å². The van der Waals surface area contributed by atoms with Gasteiger partial charge in [0.2, 0.25) is 11.8 Å². The number of likely N-dealkylation sites (tertiary alicyclic amines) is 1. The van der Waals surface area contributed by atoms with Crippen LogP contribution in [0.3, 0.4) is 0 Å². The second-order valence-electron chi connectivity index (χ2n) is 5.44. The van der Waals surface area contributed by atoms with E-state index in [1.807, 2.05) is 26.0 Å². The Morgan fingerprint density at radius 3 is 2.45 bits per heavy atom. The van der Waals surface area contributed by atoms with E-state index in [1.54, 1.807) is 11.8 Å². The highest BCUT2D eigenvalue weighted by atomic mass is 16.2. The van der Waals surface area contributed by atoms with Crippen molar-refractivity contribution in [3.63, 3.8) is 0 Å². The first-order chi connectivity index (χ1) is 9.45. The van der Waals surface area contributed by atoms with Crippen molar-refractivity contribution in [1.29, 1.82) is 0 Å². The van der Waals surface area contributed by atoms with Crippen LogP contribution in [-0.2, 0) is 9.59 Å². The maximum atomic E-state index is 12.2. The molecule has 2 rings (SSSR count). The van der Waals surface area contributed by atoms with Gasteiger partial charge in [0.15, 0.2) is 0 Å². The molecule has 2 amide bonds. The molecule has 0 aliphatic carbocycles. The van der Waals surface area contributed by atoms with E-state index < -0.39 is 0 Å². The van der Waals surface area contributed by atoms with Crippen LogP contribution < -0.4 is 5.32 Å². The number of nitrogens with zero attached hydrogens (tertiary/aromatic N) is 2. The topological polar surface area (TPSA) is 62.3 Å². The summed E-state index contributed by atoms with van der Waals surface area (Å²) >= 11 is 0. The molecule has 1 fully saturated rings.